The van der Waals surface area contributed by atoms with E-state index in [-0.39, 0.29) is 0 Å². The molecule has 3 aromatic heterocycles. The van der Waals surface area contributed by atoms with Gasteiger partial charge in [0.2, 0.25) is 5.75 Å². The molecule has 0 radical (unpaired) electrons. The minimum absolute atomic E-state index is 0.533. The van der Waals surface area contributed by atoms with Crippen molar-refractivity contribution in [2.75, 3.05) is 26.6 Å². The number of imidazole rings is 1. The third-order valence-corrected chi connectivity index (χ3v) is 4.55. The van der Waals surface area contributed by atoms with E-state index < -0.39 is 0 Å². The normalized spacial score (nSPS) is 10.8. The zero-order valence-corrected chi connectivity index (χ0v) is 17.2. The maximum Gasteiger partial charge on any atom is 0.203 e. The Morgan fingerprint density at radius 1 is 1.10 bits per heavy atom. The van der Waals surface area contributed by atoms with Gasteiger partial charge >= 0.3 is 0 Å². The number of fused-ring (bicyclic) bond motifs is 1. The van der Waals surface area contributed by atoms with E-state index in [1.165, 1.54) is 0 Å². The molecule has 4 rings (SSSR count). The van der Waals surface area contributed by atoms with Crippen LogP contribution in [0.25, 0.3) is 16.8 Å². The lowest BCUT2D eigenvalue weighted by Gasteiger charge is -2.14. The largest absolute Gasteiger partial charge is 0.493 e. The molecule has 0 aliphatic carbocycles. The predicted molar refractivity (Wildman–Crippen MR) is 114 cm³/mol. The summed E-state index contributed by atoms with van der Waals surface area (Å²) in [6.07, 6.45) is 5.41. The molecule has 30 heavy (non-hydrogen) atoms. The minimum Gasteiger partial charge on any atom is -0.493 e. The Kier molecular flexibility index (Phi) is 5.01. The standard InChI is InChI=1S/C21H22N6O3/c1-13(2)20-24-21(15-7-6-8-27(15)25-20)23-18-11-26(12-22-18)14-9-16(28-3)19(30-5)17(10-14)29-4/h6-12H,1H2,2-5H3,(H,23,24,25). The number of allylic oxidation sites excluding steroid dienone is 1. The predicted octanol–water partition coefficient (Wildman–Crippen LogP) is 3.72. The smallest absolute Gasteiger partial charge is 0.203 e. The lowest BCUT2D eigenvalue weighted by Crippen LogP contribution is -2.04. The van der Waals surface area contributed by atoms with Crippen LogP contribution in [-0.4, -0.2) is 45.5 Å². The third kappa shape index (κ3) is 3.41. The summed E-state index contributed by atoms with van der Waals surface area (Å²) in [5, 5.41) is 7.71. The molecule has 9 heteroatoms. The summed E-state index contributed by atoms with van der Waals surface area (Å²) in [6, 6.07) is 7.54. The fraction of sp³-hybridized carbons (Fsp3) is 0.190. The molecular weight excluding hydrogens is 384 g/mol. The molecule has 1 aromatic carbocycles. The number of rotatable bonds is 7. The van der Waals surface area contributed by atoms with Gasteiger partial charge in [-0.25, -0.2) is 14.5 Å². The second-order valence-corrected chi connectivity index (χ2v) is 6.58. The summed E-state index contributed by atoms with van der Waals surface area (Å²) in [6.45, 7) is 5.80. The Morgan fingerprint density at radius 2 is 1.83 bits per heavy atom. The van der Waals surface area contributed by atoms with Crippen LogP contribution in [0.5, 0.6) is 17.2 Å². The molecule has 0 aliphatic rings. The highest BCUT2D eigenvalue weighted by Crippen LogP contribution is 2.39. The highest BCUT2D eigenvalue weighted by atomic mass is 16.5. The van der Waals surface area contributed by atoms with E-state index in [1.54, 1.807) is 32.2 Å². The summed E-state index contributed by atoms with van der Waals surface area (Å²) >= 11 is 0. The monoisotopic (exact) mass is 406 g/mol. The second-order valence-electron chi connectivity index (χ2n) is 6.58. The van der Waals surface area contributed by atoms with Gasteiger partial charge in [-0.1, -0.05) is 6.58 Å². The van der Waals surface area contributed by atoms with Crippen molar-refractivity contribution < 1.29 is 14.2 Å². The van der Waals surface area contributed by atoms with Gasteiger partial charge in [-0.15, -0.1) is 5.10 Å². The lowest BCUT2D eigenvalue weighted by molar-refractivity contribution is 0.324. The van der Waals surface area contributed by atoms with Gasteiger partial charge < -0.3 is 24.1 Å². The SMILES string of the molecule is C=C(C)c1nc(Nc2cn(-c3cc(OC)c(OC)c(OC)c3)cn2)c2cccn2n1. The maximum atomic E-state index is 5.44. The third-order valence-electron chi connectivity index (χ3n) is 4.55. The molecule has 0 aliphatic heterocycles. The van der Waals surface area contributed by atoms with E-state index in [4.69, 9.17) is 14.2 Å². The molecule has 0 saturated heterocycles. The number of nitrogens with zero attached hydrogens (tertiary/aromatic N) is 5. The van der Waals surface area contributed by atoms with Gasteiger partial charge in [0.15, 0.2) is 23.1 Å². The van der Waals surface area contributed by atoms with E-state index in [1.807, 2.05) is 48.1 Å². The maximum absolute atomic E-state index is 5.44. The lowest BCUT2D eigenvalue weighted by atomic mass is 10.2. The summed E-state index contributed by atoms with van der Waals surface area (Å²) in [5.74, 6) is 3.48. The molecule has 0 spiro atoms. The highest BCUT2D eigenvalue weighted by Gasteiger charge is 2.15. The number of benzene rings is 1. The van der Waals surface area contributed by atoms with E-state index in [0.29, 0.717) is 34.7 Å². The van der Waals surface area contributed by atoms with Crippen LogP contribution in [-0.2, 0) is 0 Å². The van der Waals surface area contributed by atoms with Crippen molar-refractivity contribution in [3.8, 4) is 22.9 Å². The number of ether oxygens (including phenoxy) is 3. The Hall–Kier alpha value is -4.01. The Bertz CT molecular complexity index is 1200. The number of hydrogen-bond donors (Lipinski definition) is 1. The summed E-state index contributed by atoms with van der Waals surface area (Å²) in [5.41, 5.74) is 2.42. The highest BCUT2D eigenvalue weighted by molar-refractivity contribution is 5.73. The summed E-state index contributed by atoms with van der Waals surface area (Å²) < 4.78 is 19.9. The zero-order valence-electron chi connectivity index (χ0n) is 17.2. The molecule has 0 bridgehead atoms. The molecule has 3 heterocycles. The van der Waals surface area contributed by atoms with Crippen molar-refractivity contribution in [1.29, 1.82) is 0 Å². The fourth-order valence-electron chi connectivity index (χ4n) is 3.07. The van der Waals surface area contributed by atoms with Crippen LogP contribution in [0.1, 0.15) is 12.7 Å². The molecule has 4 aromatic rings. The van der Waals surface area contributed by atoms with Crippen LogP contribution in [0.2, 0.25) is 0 Å². The van der Waals surface area contributed by atoms with Gasteiger partial charge in [-0.05, 0) is 24.6 Å². The van der Waals surface area contributed by atoms with E-state index in [0.717, 1.165) is 16.8 Å². The average molecular weight is 406 g/mol. The van der Waals surface area contributed by atoms with E-state index >= 15 is 0 Å². The summed E-state index contributed by atoms with van der Waals surface area (Å²) in [7, 11) is 4.74. The van der Waals surface area contributed by atoms with Gasteiger partial charge in [0, 0.05) is 18.3 Å². The van der Waals surface area contributed by atoms with Crippen molar-refractivity contribution in [2.45, 2.75) is 6.92 Å². The quantitative estimate of drug-likeness (QED) is 0.500. The van der Waals surface area contributed by atoms with E-state index in [2.05, 4.69) is 27.0 Å². The van der Waals surface area contributed by atoms with Crippen molar-refractivity contribution in [1.82, 2.24) is 24.1 Å². The van der Waals surface area contributed by atoms with Gasteiger partial charge in [0.25, 0.3) is 0 Å². The molecule has 0 amide bonds. The Labute approximate surface area is 173 Å². The van der Waals surface area contributed by atoms with Crippen LogP contribution in [0.4, 0.5) is 11.6 Å². The number of methoxy groups -OCH3 is 3. The van der Waals surface area contributed by atoms with Crippen molar-refractivity contribution in [3.05, 3.63) is 55.4 Å². The summed E-state index contributed by atoms with van der Waals surface area (Å²) in [4.78, 5) is 9.03. The Balaban J connectivity index is 1.70. The first-order valence-corrected chi connectivity index (χ1v) is 9.16. The first-order chi connectivity index (χ1) is 14.5. The molecule has 1 N–H and O–H groups in total. The van der Waals surface area contributed by atoms with Crippen LogP contribution >= 0.6 is 0 Å². The van der Waals surface area contributed by atoms with Crippen LogP contribution in [0, 0.1) is 0 Å². The molecule has 0 atom stereocenters. The number of nitrogens with one attached hydrogen (secondary N) is 1. The molecule has 0 fully saturated rings. The van der Waals surface area contributed by atoms with Crippen LogP contribution < -0.4 is 19.5 Å². The fourth-order valence-corrected chi connectivity index (χ4v) is 3.07. The first kappa shape index (κ1) is 19.3. The average Bonchev–Trinajstić information content (AvgIpc) is 3.42. The van der Waals surface area contributed by atoms with Gasteiger partial charge in [0.1, 0.15) is 17.7 Å². The zero-order chi connectivity index (χ0) is 21.3. The Morgan fingerprint density at radius 3 is 2.47 bits per heavy atom. The minimum atomic E-state index is 0.533. The van der Waals surface area contributed by atoms with Gasteiger partial charge in [-0.2, -0.15) is 0 Å². The molecular formula is C21H22N6O3. The number of aromatic nitrogens is 5. The van der Waals surface area contributed by atoms with Crippen LogP contribution in [0.3, 0.4) is 0 Å². The topological polar surface area (TPSA) is 87.7 Å². The van der Waals surface area contributed by atoms with Crippen molar-refractivity contribution >= 4 is 22.7 Å². The molecule has 0 unspecified atom stereocenters. The molecule has 9 nitrogen and oxygen atoms in total. The van der Waals surface area contributed by atoms with Gasteiger partial charge in [-0.3, -0.25) is 0 Å². The van der Waals surface area contributed by atoms with Gasteiger partial charge in [0.05, 0.1) is 33.2 Å². The number of anilines is 2. The number of hydrogen-bond acceptors (Lipinski definition) is 7. The van der Waals surface area contributed by atoms with E-state index in [9.17, 15) is 0 Å². The van der Waals surface area contributed by atoms with Crippen molar-refractivity contribution in [2.24, 2.45) is 0 Å². The van der Waals surface area contributed by atoms with Crippen LogP contribution in [0.15, 0.2) is 49.6 Å². The second kappa shape index (κ2) is 7.78. The molecule has 154 valence electrons. The van der Waals surface area contributed by atoms with Crippen molar-refractivity contribution in [3.63, 3.8) is 0 Å². The molecule has 0 saturated carbocycles. The first-order valence-electron chi connectivity index (χ1n) is 9.16.